The largest absolute Gasteiger partial charge is 0.509 e. The molecular weight excluding hydrogens is 1260 g/mol. The van der Waals surface area contributed by atoms with E-state index in [1.54, 1.807) is 23.5 Å². The minimum Gasteiger partial charge on any atom is -0.465 e. The van der Waals surface area contributed by atoms with Gasteiger partial charge in [-0.2, -0.15) is 74.0 Å². The molecule has 0 aromatic rings. The molecule has 5 saturated carbocycles. The van der Waals surface area contributed by atoms with Crippen molar-refractivity contribution < 1.29 is 105 Å². The zero-order valence-corrected chi connectivity index (χ0v) is 53.9. The Labute approximate surface area is 531 Å². The highest BCUT2D eigenvalue weighted by Gasteiger charge is 2.71. The lowest BCUT2D eigenvalue weighted by Gasteiger charge is -2.31. The van der Waals surface area contributed by atoms with E-state index in [-0.39, 0.29) is 133 Å². The topological polar surface area (TPSA) is 281 Å². The number of rotatable bonds is 42. The van der Waals surface area contributed by atoms with Crippen molar-refractivity contribution in [3.63, 3.8) is 0 Å². The summed E-state index contributed by atoms with van der Waals surface area (Å²) >= 11 is 27.2. The summed E-state index contributed by atoms with van der Waals surface area (Å²) in [4.78, 5) is 126. The second-order valence-corrected chi connectivity index (χ2v) is 26.6. The van der Waals surface area contributed by atoms with E-state index in [9.17, 15) is 47.9 Å². The fourth-order valence-corrected chi connectivity index (χ4v) is 15.5. The zero-order chi connectivity index (χ0) is 61.1. The molecule has 0 aromatic heterocycles. The maximum atomic E-state index is 13.3. The van der Waals surface area contributed by atoms with Gasteiger partial charge >= 0.3 is 60.1 Å². The lowest BCUT2D eigenvalue weighted by atomic mass is 9.88. The molecule has 5 fully saturated rings. The molecule has 30 heteroatoms. The molecule has 0 spiro atoms. The number of esters is 8. The summed E-state index contributed by atoms with van der Waals surface area (Å²) in [5.74, 6) is -1.05. The molecule has 0 aromatic carbocycles. The summed E-state index contributed by atoms with van der Waals surface area (Å²) in [6.07, 6.45) is 4.20. The maximum Gasteiger partial charge on any atom is 0.509 e. The van der Waals surface area contributed by atoms with Gasteiger partial charge in [-0.25, -0.2) is 9.59 Å². The summed E-state index contributed by atoms with van der Waals surface area (Å²) in [6, 6.07) is 0. The molecule has 22 nitrogen and oxygen atoms in total. The van der Waals surface area contributed by atoms with Crippen molar-refractivity contribution in [2.75, 3.05) is 112 Å². The molecule has 2 bridgehead atoms. The number of hydrogen-bond donors (Lipinski definition) is 6. The van der Waals surface area contributed by atoms with Crippen LogP contribution in [0.25, 0.3) is 0 Å². The Morgan fingerprint density at radius 1 is 0.369 bits per heavy atom. The fourth-order valence-electron chi connectivity index (χ4n) is 11.4. The van der Waals surface area contributed by atoms with Crippen LogP contribution in [0.5, 0.6) is 0 Å². The number of thiol groups is 6. The summed E-state index contributed by atoms with van der Waals surface area (Å²) < 4.78 is 64.2. The molecule has 0 amide bonds. The summed E-state index contributed by atoms with van der Waals surface area (Å²) in [5.41, 5.74) is -2.89. The van der Waals surface area contributed by atoms with Gasteiger partial charge in [0.15, 0.2) is 0 Å². The standard InChI is InChI=1S/C54H80O22S8/c55-40(4-12-77)67-23-53(24-68-41(56)5-13-78,29-73-51(63)75-31-81)27-71-44(59)8-16-83-38-20-33-18-35(38)36(19-33)49(61)65-10-2-1-3-11-66-50(62)37-21-34-22-39(48-46(34)47(37)48)84-17-9-45(60)72-28-54(25-69-42(57)6-14-79,26-70-43(58)7-15-80)30-74-52(64)76-32-82/h33-39,46-48,77-82H,1-32H2. The Balaban J connectivity index is 0.969. The minimum atomic E-state index is -1.45. The Hall–Kier alpha value is -2.90. The molecule has 5 aliphatic carbocycles. The third kappa shape index (κ3) is 23.6. The van der Waals surface area contributed by atoms with Gasteiger partial charge in [0, 0.05) is 45.0 Å². The first kappa shape index (κ1) is 71.8. The highest BCUT2D eigenvalue weighted by atomic mass is 32.2. The highest BCUT2D eigenvalue weighted by molar-refractivity contribution is 8.00. The zero-order valence-electron chi connectivity index (χ0n) is 46.9. The van der Waals surface area contributed by atoms with Gasteiger partial charge in [0.1, 0.15) is 75.6 Å². The van der Waals surface area contributed by atoms with Gasteiger partial charge in [0.05, 0.1) is 63.6 Å². The third-order valence-corrected chi connectivity index (χ3v) is 19.4. The number of thioether (sulfide) groups is 2. The number of carbonyl (C=O) groups is 10. The van der Waals surface area contributed by atoms with Crippen molar-refractivity contribution in [1.29, 1.82) is 0 Å². The molecule has 84 heavy (non-hydrogen) atoms. The molecular formula is C54H80O22S8. The molecule has 10 unspecified atom stereocenters. The number of hydrogen-bond acceptors (Lipinski definition) is 30. The first-order valence-corrected chi connectivity index (χ1v) is 34.1. The quantitative estimate of drug-likeness (QED) is 0.0121. The van der Waals surface area contributed by atoms with Crippen LogP contribution in [0.1, 0.15) is 89.9 Å². The van der Waals surface area contributed by atoms with Gasteiger partial charge in [0.25, 0.3) is 0 Å². The average molecular weight is 1340 g/mol. The van der Waals surface area contributed by atoms with E-state index in [2.05, 4.69) is 75.8 Å². The second kappa shape index (κ2) is 37.8. The summed E-state index contributed by atoms with van der Waals surface area (Å²) in [7, 11) is 0. The van der Waals surface area contributed by atoms with Gasteiger partial charge in [-0.1, -0.05) is 0 Å². The Morgan fingerprint density at radius 2 is 0.762 bits per heavy atom. The maximum absolute atomic E-state index is 13.3. The normalized spacial score (nSPS) is 23.3. The van der Waals surface area contributed by atoms with Crippen LogP contribution in [-0.4, -0.2) is 183 Å². The van der Waals surface area contributed by atoms with Gasteiger partial charge in [-0.05, 0) is 86.9 Å². The van der Waals surface area contributed by atoms with E-state index in [0.717, 1.165) is 32.1 Å². The van der Waals surface area contributed by atoms with Gasteiger partial charge in [-0.3, -0.25) is 38.4 Å². The molecule has 0 N–H and O–H groups in total. The predicted molar refractivity (Wildman–Crippen MR) is 326 cm³/mol. The molecule has 5 aliphatic rings. The van der Waals surface area contributed by atoms with Crippen LogP contribution in [0.15, 0.2) is 0 Å². The summed E-state index contributed by atoms with van der Waals surface area (Å²) in [5, 5.41) is 0.446. The van der Waals surface area contributed by atoms with Gasteiger partial charge < -0.3 is 56.8 Å². The van der Waals surface area contributed by atoms with Crippen LogP contribution in [-0.2, 0) is 95.2 Å². The first-order chi connectivity index (χ1) is 40.4. The Morgan fingerprint density at radius 3 is 1.15 bits per heavy atom. The van der Waals surface area contributed by atoms with Crippen molar-refractivity contribution >= 4 is 159 Å². The minimum absolute atomic E-state index is 0.00804. The molecule has 0 saturated heterocycles. The van der Waals surface area contributed by atoms with E-state index in [1.165, 1.54) is 0 Å². The number of carbonyl (C=O) groups excluding carboxylic acids is 10. The molecule has 476 valence electrons. The van der Waals surface area contributed by atoms with Crippen LogP contribution in [0.4, 0.5) is 9.59 Å². The van der Waals surface area contributed by atoms with Crippen LogP contribution in [0.2, 0.25) is 0 Å². The summed E-state index contributed by atoms with van der Waals surface area (Å²) in [6.45, 7) is -2.81. The van der Waals surface area contributed by atoms with Crippen LogP contribution < -0.4 is 0 Å². The Kier molecular flexibility index (Phi) is 32.4. The van der Waals surface area contributed by atoms with E-state index in [1.807, 2.05) is 0 Å². The smallest absolute Gasteiger partial charge is 0.465 e. The molecule has 0 heterocycles. The number of unbranched alkanes of at least 4 members (excludes halogenated alkanes) is 2. The van der Waals surface area contributed by atoms with Gasteiger partial charge in [0.2, 0.25) is 0 Å². The van der Waals surface area contributed by atoms with E-state index in [0.29, 0.717) is 54.4 Å². The molecule has 5 rings (SSSR count). The lowest BCUT2D eigenvalue weighted by Crippen LogP contribution is -2.44. The second-order valence-electron chi connectivity index (χ2n) is 21.6. The van der Waals surface area contributed by atoms with Crippen LogP contribution >= 0.6 is 99.3 Å². The first-order valence-electron chi connectivity index (χ1n) is 28.2. The van der Waals surface area contributed by atoms with E-state index >= 15 is 0 Å². The predicted octanol–water partition coefficient (Wildman–Crippen LogP) is 6.77. The van der Waals surface area contributed by atoms with E-state index in [4.69, 9.17) is 56.8 Å². The molecule has 0 radical (unpaired) electrons. The highest BCUT2D eigenvalue weighted by Crippen LogP contribution is 2.73. The van der Waals surface area contributed by atoms with Crippen LogP contribution in [0, 0.1) is 58.2 Å². The molecule has 0 aliphatic heterocycles. The third-order valence-electron chi connectivity index (χ3n) is 15.5. The fraction of sp³-hybridized carbons (Fsp3) is 0.815. The van der Waals surface area contributed by atoms with Crippen molar-refractivity contribution in [2.24, 2.45) is 58.2 Å². The van der Waals surface area contributed by atoms with E-state index < -0.39 is 112 Å². The lowest BCUT2D eigenvalue weighted by molar-refractivity contribution is -0.168. The average Bonchev–Trinajstić information content (AvgIpc) is 1.54. The van der Waals surface area contributed by atoms with Crippen molar-refractivity contribution in [3.05, 3.63) is 0 Å². The SMILES string of the molecule is O=C(CCS)OCC(COC(=O)CCS)(COC(=O)CCSC1CC2CC(C(=O)OCCCCCOC(=O)C3CC4CC(SCCC(=O)OCC(COC(=O)CCS)(COC(=O)CCS)COC(=O)OCS)C5C4C35)C1C2)COC(=O)OCS. The number of ether oxygens (including phenoxy) is 12. The van der Waals surface area contributed by atoms with Crippen molar-refractivity contribution in [1.82, 2.24) is 0 Å². The van der Waals surface area contributed by atoms with Crippen molar-refractivity contribution in [2.45, 2.75) is 100 Å². The molecule has 10 atom stereocenters. The van der Waals surface area contributed by atoms with Gasteiger partial charge in [-0.15, -0.1) is 25.3 Å². The Bertz CT molecular complexity index is 2080. The van der Waals surface area contributed by atoms with Crippen molar-refractivity contribution in [3.8, 4) is 0 Å². The number of fused-ring (bicyclic) bond motifs is 3. The van der Waals surface area contributed by atoms with Crippen LogP contribution in [0.3, 0.4) is 0 Å². The monoisotopic (exact) mass is 1340 g/mol.